The molecule has 7 N–H and O–H groups in total. The van der Waals surface area contributed by atoms with Crippen molar-refractivity contribution in [2.24, 2.45) is 17.6 Å². The molecule has 10 heteroatoms. The number of phenolic OH excluding ortho intramolecular Hbond substituents is 2. The Kier molecular flexibility index (Phi) is 6.12. The van der Waals surface area contributed by atoms with Gasteiger partial charge >= 0.3 is 0 Å². The highest BCUT2D eigenvalue weighted by molar-refractivity contribution is 6.24. The van der Waals surface area contributed by atoms with Crippen LogP contribution in [0.25, 0.3) is 17.9 Å². The van der Waals surface area contributed by atoms with Crippen LogP contribution >= 0.6 is 0 Å². The van der Waals surface area contributed by atoms with Crippen molar-refractivity contribution in [1.29, 1.82) is 0 Å². The summed E-state index contributed by atoms with van der Waals surface area (Å²) in [6.45, 7) is 0. The lowest BCUT2D eigenvalue weighted by molar-refractivity contribution is -0.153. The number of nitrogens with two attached hydrogens (primary N) is 1. The summed E-state index contributed by atoms with van der Waals surface area (Å²) in [5.41, 5.74) is 3.68. The molecule has 1 saturated carbocycles. The molecule has 2 aromatic rings. The highest BCUT2D eigenvalue weighted by atomic mass is 16.3. The Hall–Kier alpha value is -4.41. The second-order valence-corrected chi connectivity index (χ2v) is 10.4. The number of benzene rings is 2. The molecular formula is C29H28N2O8. The molecule has 0 radical (unpaired) electrons. The SMILES string of the molecule is CN(C)[C@H]1C(=O)C(C(N)=O)=C(O)[C@]2(O)C(=O)C3=C(O)c4c(O)ccc(/C=C/c5ccc(O)cc5)c4C[C@@H]3C[C@H]12. The number of phenols is 2. The molecule has 0 saturated heterocycles. The minimum absolute atomic E-state index is 0.0164. The summed E-state index contributed by atoms with van der Waals surface area (Å²) in [6, 6.07) is 8.43. The third-order valence-corrected chi connectivity index (χ3v) is 7.99. The first-order valence-corrected chi connectivity index (χ1v) is 12.3. The number of carbonyl (C=O) groups excluding carboxylic acids is 3. The van der Waals surface area contributed by atoms with Gasteiger partial charge in [-0.25, -0.2) is 0 Å². The van der Waals surface area contributed by atoms with E-state index in [0.29, 0.717) is 11.1 Å². The molecular weight excluding hydrogens is 504 g/mol. The van der Waals surface area contributed by atoms with E-state index in [9.17, 15) is 39.9 Å². The second kappa shape index (κ2) is 9.11. The van der Waals surface area contributed by atoms with E-state index in [1.807, 2.05) is 0 Å². The van der Waals surface area contributed by atoms with E-state index in [1.54, 1.807) is 56.6 Å². The Labute approximate surface area is 223 Å². The summed E-state index contributed by atoms with van der Waals surface area (Å²) in [5, 5.41) is 54.1. The van der Waals surface area contributed by atoms with Crippen molar-refractivity contribution in [3.05, 3.63) is 75.6 Å². The van der Waals surface area contributed by atoms with E-state index < -0.39 is 58.0 Å². The second-order valence-electron chi connectivity index (χ2n) is 10.4. The standard InChI is InChI=1S/C29H28N2O8/c1-31(2)23-18-12-15-11-17-14(6-3-13-4-8-16(32)9-5-13)7-10-19(33)21(17)24(34)20(15)26(36)29(18,39)27(37)22(25(23)35)28(30)38/h3-10,15,18,23,32-34,37,39H,11-12H2,1-2H3,(H2,30,38)/b6-3+/t15-,18-,23-,29-/m1/s1. The first-order valence-electron chi connectivity index (χ1n) is 12.3. The maximum Gasteiger partial charge on any atom is 0.255 e. The molecule has 1 fully saturated rings. The zero-order valence-electron chi connectivity index (χ0n) is 21.3. The fourth-order valence-corrected chi connectivity index (χ4v) is 6.20. The average Bonchev–Trinajstić information content (AvgIpc) is 2.86. The third kappa shape index (κ3) is 3.83. The number of nitrogens with zero attached hydrogens (tertiary/aromatic N) is 1. The number of Topliss-reactive ketones (excluding diaryl/α,β-unsaturated/α-hetero) is 2. The van der Waals surface area contributed by atoms with Crippen molar-refractivity contribution in [3.63, 3.8) is 0 Å². The van der Waals surface area contributed by atoms with Crippen LogP contribution in [0.1, 0.15) is 28.7 Å². The summed E-state index contributed by atoms with van der Waals surface area (Å²) in [5.74, 6) is -6.72. The minimum atomic E-state index is -2.67. The summed E-state index contributed by atoms with van der Waals surface area (Å²) in [4.78, 5) is 40.6. The molecule has 0 aromatic heterocycles. The van der Waals surface area contributed by atoms with Crippen LogP contribution in [0.15, 0.2) is 53.3 Å². The number of primary amides is 1. The number of aliphatic hydroxyl groups excluding tert-OH is 2. The van der Waals surface area contributed by atoms with Gasteiger partial charge in [-0.05, 0) is 67.7 Å². The summed E-state index contributed by atoms with van der Waals surface area (Å²) < 4.78 is 0. The van der Waals surface area contributed by atoms with Gasteiger partial charge in [0, 0.05) is 11.5 Å². The van der Waals surface area contributed by atoms with Crippen molar-refractivity contribution in [2.45, 2.75) is 24.5 Å². The fourth-order valence-electron chi connectivity index (χ4n) is 6.20. The lowest BCUT2D eigenvalue weighted by atomic mass is 9.57. The van der Waals surface area contributed by atoms with Crippen LogP contribution in [0.2, 0.25) is 0 Å². The molecule has 3 aliphatic rings. The van der Waals surface area contributed by atoms with Crippen molar-refractivity contribution >= 4 is 35.4 Å². The highest BCUT2D eigenvalue weighted by Crippen LogP contribution is 2.53. The van der Waals surface area contributed by atoms with Crippen LogP contribution in [0.5, 0.6) is 11.5 Å². The number of aromatic hydroxyl groups is 2. The van der Waals surface area contributed by atoms with E-state index in [2.05, 4.69) is 0 Å². The third-order valence-electron chi connectivity index (χ3n) is 7.99. The maximum absolute atomic E-state index is 13.9. The Bertz CT molecular complexity index is 1520. The number of rotatable bonds is 4. The zero-order valence-corrected chi connectivity index (χ0v) is 21.3. The predicted octanol–water partition coefficient (Wildman–Crippen LogP) is 1.84. The van der Waals surface area contributed by atoms with Gasteiger partial charge in [-0.15, -0.1) is 0 Å². The van der Waals surface area contributed by atoms with Gasteiger partial charge < -0.3 is 31.3 Å². The normalized spacial score (nSPS) is 26.6. The molecule has 0 unspecified atom stereocenters. The number of likely N-dealkylation sites (N-methyl/N-ethyl adjacent to an activating group) is 1. The molecule has 0 heterocycles. The number of aliphatic hydroxyl groups is 3. The molecule has 0 aliphatic heterocycles. The van der Waals surface area contributed by atoms with Crippen molar-refractivity contribution in [2.75, 3.05) is 14.1 Å². The molecule has 5 rings (SSSR count). The summed E-state index contributed by atoms with van der Waals surface area (Å²) >= 11 is 0. The van der Waals surface area contributed by atoms with Crippen molar-refractivity contribution in [3.8, 4) is 11.5 Å². The molecule has 1 amide bonds. The lowest BCUT2D eigenvalue weighted by Gasteiger charge is -2.50. The first-order chi connectivity index (χ1) is 18.4. The van der Waals surface area contributed by atoms with Gasteiger partial charge in [-0.2, -0.15) is 0 Å². The van der Waals surface area contributed by atoms with Gasteiger partial charge in [0.05, 0.1) is 11.6 Å². The summed E-state index contributed by atoms with van der Waals surface area (Å²) in [7, 11) is 3.11. The quantitative estimate of drug-likeness (QED) is 0.253. The Morgan fingerprint density at radius 1 is 1.03 bits per heavy atom. The largest absolute Gasteiger partial charge is 0.508 e. The molecule has 202 valence electrons. The van der Waals surface area contributed by atoms with Crippen LogP contribution in [0, 0.1) is 11.8 Å². The van der Waals surface area contributed by atoms with E-state index in [1.165, 1.54) is 11.0 Å². The average molecular weight is 533 g/mol. The Morgan fingerprint density at radius 3 is 2.31 bits per heavy atom. The Morgan fingerprint density at radius 2 is 1.69 bits per heavy atom. The van der Waals surface area contributed by atoms with Gasteiger partial charge in [-0.3, -0.25) is 19.3 Å². The van der Waals surface area contributed by atoms with Crippen LogP contribution in [0.3, 0.4) is 0 Å². The zero-order chi connectivity index (χ0) is 28.4. The summed E-state index contributed by atoms with van der Waals surface area (Å²) in [6.07, 6.45) is 3.79. The van der Waals surface area contributed by atoms with Gasteiger partial charge in [0.25, 0.3) is 5.91 Å². The van der Waals surface area contributed by atoms with Crippen LogP contribution < -0.4 is 5.73 Å². The number of fused-ring (bicyclic) bond motifs is 3. The first kappa shape index (κ1) is 26.2. The number of hydrogen-bond donors (Lipinski definition) is 6. The van der Waals surface area contributed by atoms with E-state index in [-0.39, 0.29) is 35.5 Å². The minimum Gasteiger partial charge on any atom is -0.508 e. The molecule has 2 aromatic carbocycles. The highest BCUT2D eigenvalue weighted by Gasteiger charge is 2.64. The van der Waals surface area contributed by atoms with Gasteiger partial charge in [0.15, 0.2) is 11.4 Å². The van der Waals surface area contributed by atoms with E-state index >= 15 is 0 Å². The molecule has 4 atom stereocenters. The Balaban J connectivity index is 1.66. The lowest BCUT2D eigenvalue weighted by Crippen LogP contribution is -2.65. The van der Waals surface area contributed by atoms with Gasteiger partial charge in [0.2, 0.25) is 5.78 Å². The maximum atomic E-state index is 13.9. The topological polar surface area (TPSA) is 182 Å². The number of amides is 1. The van der Waals surface area contributed by atoms with Crippen molar-refractivity contribution in [1.82, 2.24) is 4.90 Å². The number of hydrogen-bond acceptors (Lipinski definition) is 9. The number of carbonyl (C=O) groups is 3. The van der Waals surface area contributed by atoms with E-state index in [4.69, 9.17) is 5.73 Å². The number of ketones is 2. The van der Waals surface area contributed by atoms with Gasteiger partial charge in [-0.1, -0.05) is 30.4 Å². The van der Waals surface area contributed by atoms with Gasteiger partial charge in [0.1, 0.15) is 28.6 Å². The van der Waals surface area contributed by atoms with Crippen molar-refractivity contribution < 1.29 is 39.9 Å². The molecule has 0 bridgehead atoms. The van der Waals surface area contributed by atoms with Crippen LogP contribution in [-0.4, -0.2) is 73.6 Å². The molecule has 39 heavy (non-hydrogen) atoms. The molecule has 3 aliphatic carbocycles. The smallest absolute Gasteiger partial charge is 0.255 e. The predicted molar refractivity (Wildman–Crippen MR) is 141 cm³/mol. The van der Waals surface area contributed by atoms with Crippen LogP contribution in [0.4, 0.5) is 0 Å². The fraction of sp³-hybridized carbons (Fsp3) is 0.276. The molecule has 10 nitrogen and oxygen atoms in total. The van der Waals surface area contributed by atoms with E-state index in [0.717, 1.165) is 5.56 Å². The van der Waals surface area contributed by atoms with Crippen LogP contribution in [-0.2, 0) is 20.8 Å². The monoisotopic (exact) mass is 532 g/mol. The molecule has 0 spiro atoms.